The Labute approximate surface area is 83.2 Å². The molecule has 0 aliphatic heterocycles. The van der Waals surface area contributed by atoms with Crippen LogP contribution in [0, 0.1) is 0 Å². The minimum Gasteiger partial charge on any atom is -0.478 e. The highest BCUT2D eigenvalue weighted by molar-refractivity contribution is 5.83. The van der Waals surface area contributed by atoms with Crippen molar-refractivity contribution in [1.82, 2.24) is 10.2 Å². The molecule has 5 nitrogen and oxygen atoms in total. The lowest BCUT2D eigenvalue weighted by Crippen LogP contribution is -2.38. The molecule has 0 bridgehead atoms. The Morgan fingerprint density at radius 3 is 2.07 bits per heavy atom. The number of halogens is 3. The zero-order valence-corrected chi connectivity index (χ0v) is 7.92. The van der Waals surface area contributed by atoms with Crippen LogP contribution in [-0.2, 0) is 4.79 Å². The molecule has 0 unspecified atom stereocenters. The minimum atomic E-state index is -4.91. The van der Waals surface area contributed by atoms with Crippen LogP contribution in [0.25, 0.3) is 0 Å². The molecular formula is C7H9F3N2O3. The second-order valence-electron chi connectivity index (χ2n) is 2.72. The van der Waals surface area contributed by atoms with E-state index in [4.69, 9.17) is 5.11 Å². The van der Waals surface area contributed by atoms with Crippen LogP contribution in [0.15, 0.2) is 11.8 Å². The predicted octanol–water partition coefficient (Wildman–Crippen LogP) is 0.788. The van der Waals surface area contributed by atoms with Crippen LogP contribution >= 0.6 is 0 Å². The summed E-state index contributed by atoms with van der Waals surface area (Å²) in [6.07, 6.45) is -5.02. The number of nitrogens with one attached hydrogen (secondary N) is 1. The molecule has 0 saturated heterocycles. The smallest absolute Gasteiger partial charge is 0.431 e. The van der Waals surface area contributed by atoms with Gasteiger partial charge < -0.3 is 15.3 Å². The van der Waals surface area contributed by atoms with Crippen LogP contribution in [0.3, 0.4) is 0 Å². The third-order valence-corrected chi connectivity index (χ3v) is 1.22. The van der Waals surface area contributed by atoms with Crippen molar-refractivity contribution in [2.24, 2.45) is 0 Å². The third kappa shape index (κ3) is 4.89. The maximum atomic E-state index is 12.1. The van der Waals surface area contributed by atoms with Crippen molar-refractivity contribution in [2.75, 3.05) is 14.1 Å². The SMILES string of the molecule is CN(C)C(=O)NC(=CC(=O)O)C(F)(F)F. The Balaban J connectivity index is 4.84. The second-order valence-corrected chi connectivity index (χ2v) is 2.72. The van der Waals surface area contributed by atoms with Gasteiger partial charge in [-0.2, -0.15) is 13.2 Å². The van der Waals surface area contributed by atoms with Crippen LogP contribution in [0.4, 0.5) is 18.0 Å². The molecule has 0 aromatic carbocycles. The lowest BCUT2D eigenvalue weighted by atomic mass is 10.4. The quantitative estimate of drug-likeness (QED) is 0.684. The van der Waals surface area contributed by atoms with Gasteiger partial charge in [-0.1, -0.05) is 0 Å². The summed E-state index contributed by atoms with van der Waals surface area (Å²) in [6, 6.07) is -1.06. The van der Waals surface area contributed by atoms with Gasteiger partial charge in [0.05, 0.1) is 6.08 Å². The molecule has 2 amide bonds. The number of amides is 2. The van der Waals surface area contributed by atoms with E-state index in [2.05, 4.69) is 0 Å². The van der Waals surface area contributed by atoms with Gasteiger partial charge in [-0.15, -0.1) is 0 Å². The number of hydrogen-bond acceptors (Lipinski definition) is 2. The number of hydrogen-bond donors (Lipinski definition) is 2. The van der Waals surface area contributed by atoms with Gasteiger partial charge in [0.15, 0.2) is 0 Å². The molecular weight excluding hydrogens is 217 g/mol. The summed E-state index contributed by atoms with van der Waals surface area (Å²) in [7, 11) is 2.45. The average molecular weight is 226 g/mol. The van der Waals surface area contributed by atoms with Crippen LogP contribution in [0.5, 0.6) is 0 Å². The van der Waals surface area contributed by atoms with E-state index in [9.17, 15) is 22.8 Å². The number of carbonyl (C=O) groups is 2. The van der Waals surface area contributed by atoms with Crippen molar-refractivity contribution in [2.45, 2.75) is 6.18 Å². The third-order valence-electron chi connectivity index (χ3n) is 1.22. The summed E-state index contributed by atoms with van der Waals surface area (Å²) in [4.78, 5) is 21.8. The minimum absolute atomic E-state index is 0.110. The van der Waals surface area contributed by atoms with E-state index >= 15 is 0 Å². The molecule has 0 saturated carbocycles. The molecule has 86 valence electrons. The van der Waals surface area contributed by atoms with Crippen molar-refractivity contribution in [3.05, 3.63) is 11.8 Å². The van der Waals surface area contributed by atoms with E-state index in [0.29, 0.717) is 0 Å². The number of carboxylic acids is 1. The van der Waals surface area contributed by atoms with Crippen molar-refractivity contribution in [3.8, 4) is 0 Å². The highest BCUT2D eigenvalue weighted by Crippen LogP contribution is 2.23. The van der Waals surface area contributed by atoms with Gasteiger partial charge in [0.1, 0.15) is 5.70 Å². The molecule has 0 radical (unpaired) electrons. The summed E-state index contributed by atoms with van der Waals surface area (Å²) >= 11 is 0. The van der Waals surface area contributed by atoms with Crippen LogP contribution in [0.1, 0.15) is 0 Å². The molecule has 0 aromatic rings. The molecule has 0 aromatic heterocycles. The molecule has 0 spiro atoms. The fourth-order valence-corrected chi connectivity index (χ4v) is 0.539. The molecule has 0 aliphatic carbocycles. The van der Waals surface area contributed by atoms with E-state index in [1.165, 1.54) is 19.4 Å². The van der Waals surface area contributed by atoms with Crippen molar-refractivity contribution in [3.63, 3.8) is 0 Å². The molecule has 8 heteroatoms. The fraction of sp³-hybridized carbons (Fsp3) is 0.429. The van der Waals surface area contributed by atoms with Crippen LogP contribution < -0.4 is 5.32 Å². The zero-order chi connectivity index (χ0) is 12.2. The summed E-state index contributed by atoms with van der Waals surface area (Å²) in [5.41, 5.74) is -1.62. The number of nitrogens with zero attached hydrogens (tertiary/aromatic N) is 1. The first-order valence-corrected chi connectivity index (χ1v) is 3.64. The van der Waals surface area contributed by atoms with Crippen LogP contribution in [0.2, 0.25) is 0 Å². The Bertz CT molecular complexity index is 296. The predicted molar refractivity (Wildman–Crippen MR) is 44.0 cm³/mol. The number of rotatable bonds is 2. The summed E-state index contributed by atoms with van der Waals surface area (Å²) in [6.45, 7) is 0. The molecule has 0 fully saturated rings. The fourth-order valence-electron chi connectivity index (χ4n) is 0.539. The summed E-state index contributed by atoms with van der Waals surface area (Å²) in [5.74, 6) is -1.79. The Kier molecular flexibility index (Phi) is 4.13. The van der Waals surface area contributed by atoms with E-state index in [0.717, 1.165) is 4.90 Å². The Hall–Kier alpha value is -1.73. The largest absolute Gasteiger partial charge is 0.478 e. The van der Waals surface area contributed by atoms with E-state index in [-0.39, 0.29) is 6.08 Å². The topological polar surface area (TPSA) is 69.6 Å². The average Bonchev–Trinajstić information content (AvgIpc) is 2.00. The van der Waals surface area contributed by atoms with Crippen molar-refractivity contribution in [1.29, 1.82) is 0 Å². The van der Waals surface area contributed by atoms with Gasteiger partial charge >= 0.3 is 18.2 Å². The molecule has 0 heterocycles. The number of carbonyl (C=O) groups excluding carboxylic acids is 1. The number of carboxylic acid groups (broad SMARTS) is 1. The van der Waals surface area contributed by atoms with E-state index < -0.39 is 23.9 Å². The molecule has 0 atom stereocenters. The Morgan fingerprint density at radius 1 is 1.33 bits per heavy atom. The second kappa shape index (κ2) is 4.67. The first-order chi connectivity index (χ1) is 6.64. The van der Waals surface area contributed by atoms with E-state index in [1.54, 1.807) is 0 Å². The monoisotopic (exact) mass is 226 g/mol. The van der Waals surface area contributed by atoms with Gasteiger partial charge in [0, 0.05) is 14.1 Å². The molecule has 0 aliphatic rings. The van der Waals surface area contributed by atoms with E-state index in [1.807, 2.05) is 0 Å². The molecule has 2 N–H and O–H groups in total. The lowest BCUT2D eigenvalue weighted by Gasteiger charge is -2.16. The number of urea groups is 1. The van der Waals surface area contributed by atoms with Gasteiger partial charge in [-0.05, 0) is 0 Å². The zero-order valence-electron chi connectivity index (χ0n) is 7.92. The first-order valence-electron chi connectivity index (χ1n) is 3.64. The van der Waals surface area contributed by atoms with Gasteiger partial charge in [-0.3, -0.25) is 0 Å². The van der Waals surface area contributed by atoms with Crippen LogP contribution in [-0.4, -0.2) is 42.3 Å². The number of allylic oxidation sites excluding steroid dienone is 1. The first kappa shape index (κ1) is 13.3. The van der Waals surface area contributed by atoms with Crippen molar-refractivity contribution >= 4 is 12.0 Å². The normalized spacial score (nSPS) is 12.2. The number of alkyl halides is 3. The van der Waals surface area contributed by atoms with Crippen molar-refractivity contribution < 1.29 is 27.9 Å². The summed E-state index contributed by atoms with van der Waals surface area (Å²) in [5, 5.41) is 9.59. The standard InChI is InChI=1S/C7H9F3N2O3/c1-12(2)6(15)11-4(3-5(13)14)7(8,9)10/h3H,1-2H3,(H,11,15)(H,13,14). The number of aliphatic carboxylic acids is 1. The molecule has 0 rings (SSSR count). The maximum absolute atomic E-state index is 12.1. The highest BCUT2D eigenvalue weighted by Gasteiger charge is 2.36. The van der Waals surface area contributed by atoms with Gasteiger partial charge in [-0.25, -0.2) is 9.59 Å². The highest BCUT2D eigenvalue weighted by atomic mass is 19.4. The Morgan fingerprint density at radius 2 is 1.80 bits per heavy atom. The lowest BCUT2D eigenvalue weighted by molar-refractivity contribution is -0.132. The van der Waals surface area contributed by atoms with Gasteiger partial charge in [0.25, 0.3) is 0 Å². The van der Waals surface area contributed by atoms with Gasteiger partial charge in [0.2, 0.25) is 0 Å². The maximum Gasteiger partial charge on any atom is 0.431 e. The summed E-state index contributed by atoms with van der Waals surface area (Å²) < 4.78 is 36.4. The molecule has 15 heavy (non-hydrogen) atoms.